The minimum Gasteiger partial charge on any atom is -0.485 e. The molecule has 9 nitrogen and oxygen atoms in total. The Morgan fingerprint density at radius 1 is 0.587 bits per heavy atom. The molecule has 1 aliphatic rings. The van der Waals surface area contributed by atoms with E-state index >= 15 is 0 Å². The van der Waals surface area contributed by atoms with Gasteiger partial charge in [0.2, 0.25) is 5.76 Å². The number of nitrogens with zero attached hydrogens (tertiary/aromatic N) is 2. The first-order chi connectivity index (χ1) is 30.9. The zero-order valence-electron chi connectivity index (χ0n) is 40.1. The highest BCUT2D eigenvalue weighted by Gasteiger charge is 2.42. The fourth-order valence-corrected chi connectivity index (χ4v) is 8.27. The number of unbranched alkanes of at least 4 members (excludes halogenated alkanes) is 20. The third-order valence-electron chi connectivity index (χ3n) is 12.2. The fourth-order valence-electron chi connectivity index (χ4n) is 8.27. The lowest BCUT2D eigenvalue weighted by Gasteiger charge is -2.24. The van der Waals surface area contributed by atoms with E-state index in [1.807, 2.05) is 60.7 Å². The Morgan fingerprint density at radius 2 is 1.02 bits per heavy atom. The molecule has 1 heterocycles. The molecule has 2 aromatic carbocycles. The molecule has 0 saturated carbocycles. The van der Waals surface area contributed by atoms with E-state index in [1.165, 1.54) is 141 Å². The molecular weight excluding hydrogens is 789 g/mol. The molecule has 0 radical (unpaired) electrons. The van der Waals surface area contributed by atoms with Gasteiger partial charge >= 0.3 is 11.9 Å². The number of benzene rings is 2. The highest BCUT2D eigenvalue weighted by Crippen LogP contribution is 2.29. The van der Waals surface area contributed by atoms with E-state index in [2.05, 4.69) is 30.7 Å². The van der Waals surface area contributed by atoms with E-state index in [9.17, 15) is 14.7 Å². The number of rotatable bonds is 41. The van der Waals surface area contributed by atoms with E-state index < -0.39 is 18.2 Å². The van der Waals surface area contributed by atoms with Gasteiger partial charge in [-0.05, 0) is 83.0 Å². The van der Waals surface area contributed by atoms with Crippen LogP contribution in [-0.2, 0) is 41.8 Å². The smallest absolute Gasteiger partial charge is 0.378 e. The number of carbonyl (C=O) groups is 2. The lowest BCUT2D eigenvalue weighted by atomic mass is 10.1. The first kappa shape index (κ1) is 53.9. The zero-order chi connectivity index (χ0) is 45.0. The van der Waals surface area contributed by atoms with Crippen LogP contribution in [-0.4, -0.2) is 85.4 Å². The van der Waals surface area contributed by atoms with Gasteiger partial charge in [0, 0.05) is 6.42 Å². The molecule has 0 amide bonds. The molecule has 356 valence electrons. The minimum atomic E-state index is -1.31. The zero-order valence-corrected chi connectivity index (χ0v) is 40.1. The summed E-state index contributed by atoms with van der Waals surface area (Å²) < 4.78 is 23.0. The maximum Gasteiger partial charge on any atom is 0.378 e. The number of cyclic esters (lactones) is 1. The van der Waals surface area contributed by atoms with Crippen molar-refractivity contribution in [2.75, 3.05) is 46.4 Å². The van der Waals surface area contributed by atoms with Crippen LogP contribution < -0.4 is 0 Å². The number of ether oxygens (including phenoxy) is 4. The van der Waals surface area contributed by atoms with Gasteiger partial charge in [-0.2, -0.15) is 0 Å². The summed E-state index contributed by atoms with van der Waals surface area (Å²) >= 11 is 0. The number of carbonyl (C=O) groups excluding carboxylic acids is 2. The van der Waals surface area contributed by atoms with Crippen molar-refractivity contribution in [3.05, 3.63) is 83.3 Å². The molecule has 0 spiro atoms. The quantitative estimate of drug-likeness (QED) is 0.0517. The van der Waals surface area contributed by atoms with Gasteiger partial charge in [-0.25, -0.2) is 4.79 Å². The molecule has 0 fully saturated rings. The topological polar surface area (TPSA) is 97.8 Å². The summed E-state index contributed by atoms with van der Waals surface area (Å²) in [4.78, 5) is 30.9. The molecule has 2 unspecified atom stereocenters. The molecule has 0 aromatic heterocycles. The number of hydrogen-bond donors (Lipinski definition) is 1. The summed E-state index contributed by atoms with van der Waals surface area (Å²) in [6.45, 7) is 10.2. The summed E-state index contributed by atoms with van der Waals surface area (Å²) in [6, 6.07) is 19.0. The van der Waals surface area contributed by atoms with Gasteiger partial charge in [-0.3, -0.25) is 4.79 Å². The number of hydrogen-bond acceptors (Lipinski definition) is 9. The Bertz CT molecular complexity index is 1450. The van der Waals surface area contributed by atoms with Crippen LogP contribution in [0.25, 0.3) is 0 Å². The molecule has 2 aromatic rings. The van der Waals surface area contributed by atoms with Crippen LogP contribution in [0.15, 0.2) is 72.2 Å². The lowest BCUT2D eigenvalue weighted by Crippen LogP contribution is -2.34. The van der Waals surface area contributed by atoms with Gasteiger partial charge in [-0.1, -0.05) is 197 Å². The van der Waals surface area contributed by atoms with Crippen LogP contribution in [0.1, 0.15) is 185 Å². The predicted molar refractivity (Wildman–Crippen MR) is 257 cm³/mol. The van der Waals surface area contributed by atoms with Crippen LogP contribution in [0.3, 0.4) is 0 Å². The largest absolute Gasteiger partial charge is 0.485 e. The fraction of sp³-hybridized carbons (Fsp3) is 0.704. The average Bonchev–Trinajstić information content (AvgIpc) is 3.62. The third kappa shape index (κ3) is 25.6. The molecular formula is C54H88N2O7. The highest BCUT2D eigenvalue weighted by atomic mass is 16.6. The molecule has 0 saturated heterocycles. The number of aliphatic hydroxyl groups is 1. The van der Waals surface area contributed by atoms with E-state index in [1.54, 1.807) is 0 Å². The maximum atomic E-state index is 13.0. The van der Waals surface area contributed by atoms with Gasteiger partial charge in [0.25, 0.3) is 0 Å². The van der Waals surface area contributed by atoms with E-state index in [4.69, 9.17) is 18.9 Å². The SMILES string of the molecule is CCCCCCCCCCCCN(C)CCCN(CCCCCCCCCCCC)CCCCCC(=O)OCC(O)C1OC(=O)C(OCc2ccccc2)=C1OCc1ccccc1. The summed E-state index contributed by atoms with van der Waals surface area (Å²) in [5.74, 6) is -1.07. The van der Waals surface area contributed by atoms with Gasteiger partial charge in [0.05, 0.1) is 0 Å². The van der Waals surface area contributed by atoms with Crippen LogP contribution in [0.5, 0.6) is 0 Å². The van der Waals surface area contributed by atoms with Crippen molar-refractivity contribution in [1.29, 1.82) is 0 Å². The predicted octanol–water partition coefficient (Wildman–Crippen LogP) is 12.5. The average molecular weight is 877 g/mol. The van der Waals surface area contributed by atoms with Crippen molar-refractivity contribution in [3.8, 4) is 0 Å². The molecule has 0 aliphatic carbocycles. The first-order valence-electron chi connectivity index (χ1n) is 25.4. The molecule has 63 heavy (non-hydrogen) atoms. The van der Waals surface area contributed by atoms with Crippen molar-refractivity contribution in [1.82, 2.24) is 9.80 Å². The molecule has 0 bridgehead atoms. The van der Waals surface area contributed by atoms with Gasteiger partial charge < -0.3 is 33.9 Å². The second kappa shape index (κ2) is 35.9. The van der Waals surface area contributed by atoms with Crippen molar-refractivity contribution < 1.29 is 33.6 Å². The number of esters is 2. The molecule has 9 heteroatoms. The lowest BCUT2D eigenvalue weighted by molar-refractivity contribution is -0.155. The first-order valence-corrected chi connectivity index (χ1v) is 25.4. The Morgan fingerprint density at radius 3 is 1.54 bits per heavy atom. The monoisotopic (exact) mass is 877 g/mol. The summed E-state index contributed by atoms with van der Waals surface area (Å²) in [6.07, 6.45) is 29.0. The van der Waals surface area contributed by atoms with E-state index in [-0.39, 0.29) is 43.7 Å². The van der Waals surface area contributed by atoms with Gasteiger partial charge in [0.15, 0.2) is 11.9 Å². The molecule has 1 aliphatic heterocycles. The highest BCUT2D eigenvalue weighted by molar-refractivity contribution is 5.89. The van der Waals surface area contributed by atoms with Crippen molar-refractivity contribution in [3.63, 3.8) is 0 Å². The van der Waals surface area contributed by atoms with Gasteiger partial charge in [-0.15, -0.1) is 0 Å². The van der Waals surface area contributed by atoms with Crippen LogP contribution >= 0.6 is 0 Å². The molecule has 1 N–H and O–H groups in total. The van der Waals surface area contributed by atoms with E-state index in [0.717, 1.165) is 56.6 Å². The summed E-state index contributed by atoms with van der Waals surface area (Å²) in [5.41, 5.74) is 1.76. The minimum absolute atomic E-state index is 0.0799. The summed E-state index contributed by atoms with van der Waals surface area (Å²) in [5, 5.41) is 11.1. The van der Waals surface area contributed by atoms with Crippen LogP contribution in [0.4, 0.5) is 0 Å². The Balaban J connectivity index is 1.37. The Hall–Kier alpha value is -3.40. The summed E-state index contributed by atoms with van der Waals surface area (Å²) in [7, 11) is 2.28. The normalized spacial score (nSPS) is 14.4. The van der Waals surface area contributed by atoms with E-state index in [0.29, 0.717) is 0 Å². The molecule has 2 atom stereocenters. The van der Waals surface area contributed by atoms with Crippen LogP contribution in [0, 0.1) is 0 Å². The second-order valence-electron chi connectivity index (χ2n) is 18.0. The third-order valence-corrected chi connectivity index (χ3v) is 12.2. The maximum absolute atomic E-state index is 13.0. The van der Waals surface area contributed by atoms with Gasteiger partial charge in [0.1, 0.15) is 25.9 Å². The Labute approximate surface area is 383 Å². The van der Waals surface area contributed by atoms with Crippen LogP contribution in [0.2, 0.25) is 0 Å². The van der Waals surface area contributed by atoms with Crippen molar-refractivity contribution in [2.45, 2.75) is 200 Å². The second-order valence-corrected chi connectivity index (χ2v) is 18.0. The Kier molecular flexibility index (Phi) is 30.7. The van der Waals surface area contributed by atoms with Crippen molar-refractivity contribution in [2.24, 2.45) is 0 Å². The standard InChI is InChI=1S/C54H88N2O7/c1-4-6-8-10-12-14-16-18-20-30-39-55(3)40-33-43-56(41-31-21-19-17-15-13-11-9-7-5-2)42-32-24-29-38-50(58)60-46-49(57)51-52(61-44-47-34-25-22-26-35-47)53(54(59)63-51)62-45-48-36-27-23-28-37-48/h22-23,25-28,34-37,49,51,57H,4-21,24,29-33,38-46H2,1-3H3. The van der Waals surface area contributed by atoms with Crippen molar-refractivity contribution >= 4 is 11.9 Å². The molecule has 3 rings (SSSR count). The number of aliphatic hydroxyl groups excluding tert-OH is 1.